The second-order valence-electron chi connectivity index (χ2n) is 3.62. The van der Waals surface area contributed by atoms with Crippen LogP contribution in [0.15, 0.2) is 16.6 Å². The molecule has 0 aliphatic heterocycles. The second-order valence-corrected chi connectivity index (χ2v) is 4.53. The lowest BCUT2D eigenvalue weighted by molar-refractivity contribution is -0.125. The lowest BCUT2D eigenvalue weighted by Crippen LogP contribution is -2.30. The van der Waals surface area contributed by atoms with Crippen molar-refractivity contribution in [1.29, 1.82) is 0 Å². The van der Waals surface area contributed by atoms with E-state index in [-0.39, 0.29) is 0 Å². The number of anilines is 1. The molecule has 1 amide bonds. The number of rotatable bonds is 3. The Bertz CT molecular complexity index is 474. The number of hydrogen-bond donors (Lipinski definition) is 2. The number of nitrogens with two attached hydrogens (primary N) is 2. The predicted octanol–water partition coefficient (Wildman–Crippen LogP) is 1.37. The summed E-state index contributed by atoms with van der Waals surface area (Å²) in [5.74, 6) is -1.32. The summed E-state index contributed by atoms with van der Waals surface area (Å²) in [4.78, 5) is 22.6. The normalized spacial score (nSPS) is 11.9. The number of benzene rings is 1. The Morgan fingerprint density at radius 3 is 2.53 bits per heavy atom. The van der Waals surface area contributed by atoms with Crippen molar-refractivity contribution in [2.24, 2.45) is 5.73 Å². The van der Waals surface area contributed by atoms with Crippen LogP contribution in [0.5, 0.6) is 0 Å². The fraction of sp³-hybridized carbons (Fsp3) is 0.273. The van der Waals surface area contributed by atoms with Crippen molar-refractivity contribution in [3.05, 3.63) is 27.7 Å². The van der Waals surface area contributed by atoms with E-state index in [1.807, 2.05) is 0 Å². The zero-order valence-corrected chi connectivity index (χ0v) is 11.1. The number of halogens is 1. The maximum absolute atomic E-state index is 11.8. The van der Waals surface area contributed by atoms with Gasteiger partial charge in [-0.25, -0.2) is 4.79 Å². The zero-order chi connectivity index (χ0) is 13.2. The number of hydrogen-bond acceptors (Lipinski definition) is 4. The van der Waals surface area contributed by atoms with Crippen LogP contribution in [-0.4, -0.2) is 18.0 Å². The quantitative estimate of drug-likeness (QED) is 0.651. The number of esters is 1. The highest BCUT2D eigenvalue weighted by Gasteiger charge is 2.19. The minimum Gasteiger partial charge on any atom is -0.449 e. The smallest absolute Gasteiger partial charge is 0.339 e. The number of nitrogen functional groups attached to an aromatic ring is 1. The lowest BCUT2D eigenvalue weighted by atomic mass is 10.1. The van der Waals surface area contributed by atoms with E-state index in [1.165, 1.54) is 6.92 Å². The van der Waals surface area contributed by atoms with Gasteiger partial charge >= 0.3 is 5.97 Å². The van der Waals surface area contributed by atoms with E-state index in [4.69, 9.17) is 16.2 Å². The summed E-state index contributed by atoms with van der Waals surface area (Å²) in [6.07, 6.45) is -0.970. The third-order valence-corrected chi connectivity index (χ3v) is 2.77. The monoisotopic (exact) mass is 300 g/mol. The van der Waals surface area contributed by atoms with Gasteiger partial charge in [-0.05, 0) is 31.5 Å². The van der Waals surface area contributed by atoms with Gasteiger partial charge in [0.25, 0.3) is 5.91 Å². The maximum Gasteiger partial charge on any atom is 0.339 e. The molecule has 6 heteroatoms. The third-order valence-electron chi connectivity index (χ3n) is 2.32. The minimum absolute atomic E-state index is 0.310. The average Bonchev–Trinajstić information content (AvgIpc) is 2.22. The Balaban J connectivity index is 3.01. The summed E-state index contributed by atoms with van der Waals surface area (Å²) in [6, 6.07) is 3.27. The first-order chi connectivity index (χ1) is 7.82. The molecule has 0 radical (unpaired) electrons. The van der Waals surface area contributed by atoms with E-state index < -0.39 is 18.0 Å². The van der Waals surface area contributed by atoms with Crippen molar-refractivity contribution in [1.82, 2.24) is 0 Å². The SMILES string of the molecule is Cc1c(N)cc(Br)cc1C(=O)OC(C)C(N)=O. The molecule has 1 rings (SSSR count). The highest BCUT2D eigenvalue weighted by Crippen LogP contribution is 2.23. The number of ether oxygens (including phenoxy) is 1. The molecule has 0 saturated heterocycles. The van der Waals surface area contributed by atoms with Crippen LogP contribution in [0.1, 0.15) is 22.8 Å². The summed E-state index contributed by atoms with van der Waals surface area (Å²) in [6.45, 7) is 3.12. The summed E-state index contributed by atoms with van der Waals surface area (Å²) >= 11 is 3.23. The largest absolute Gasteiger partial charge is 0.449 e. The van der Waals surface area contributed by atoms with Gasteiger partial charge in [0, 0.05) is 10.2 Å². The molecule has 4 N–H and O–H groups in total. The molecule has 0 bridgehead atoms. The fourth-order valence-electron chi connectivity index (χ4n) is 1.19. The zero-order valence-electron chi connectivity index (χ0n) is 9.49. The van der Waals surface area contributed by atoms with Gasteiger partial charge < -0.3 is 16.2 Å². The van der Waals surface area contributed by atoms with Crippen LogP contribution < -0.4 is 11.5 Å². The van der Waals surface area contributed by atoms with E-state index in [9.17, 15) is 9.59 Å². The molecule has 17 heavy (non-hydrogen) atoms. The van der Waals surface area contributed by atoms with Gasteiger partial charge in [0.05, 0.1) is 5.56 Å². The molecule has 0 saturated carbocycles. The first kappa shape index (κ1) is 13.5. The molecule has 1 aromatic rings. The van der Waals surface area contributed by atoms with Crippen molar-refractivity contribution in [3.63, 3.8) is 0 Å². The predicted molar refractivity (Wildman–Crippen MR) is 67.4 cm³/mol. The molecular formula is C11H13BrN2O3. The molecule has 5 nitrogen and oxygen atoms in total. The van der Waals surface area contributed by atoms with E-state index in [2.05, 4.69) is 15.9 Å². The highest BCUT2D eigenvalue weighted by atomic mass is 79.9. The second kappa shape index (κ2) is 5.18. The molecule has 0 aliphatic carbocycles. The summed E-state index contributed by atoms with van der Waals surface area (Å²) in [5.41, 5.74) is 12.1. The Kier molecular flexibility index (Phi) is 4.11. The molecule has 1 unspecified atom stereocenters. The van der Waals surface area contributed by atoms with Crippen LogP contribution in [0, 0.1) is 6.92 Å². The maximum atomic E-state index is 11.8. The van der Waals surface area contributed by atoms with Crippen molar-refractivity contribution in [2.75, 3.05) is 5.73 Å². The third kappa shape index (κ3) is 3.20. The average molecular weight is 301 g/mol. The van der Waals surface area contributed by atoms with Crippen LogP contribution in [0.4, 0.5) is 5.69 Å². The van der Waals surface area contributed by atoms with E-state index in [1.54, 1.807) is 19.1 Å². The number of primary amides is 1. The first-order valence-electron chi connectivity index (χ1n) is 4.89. The molecule has 0 aliphatic rings. The Morgan fingerprint density at radius 1 is 1.41 bits per heavy atom. The molecule has 0 heterocycles. The molecule has 0 fully saturated rings. The van der Waals surface area contributed by atoms with Crippen molar-refractivity contribution >= 4 is 33.5 Å². The Labute approximate surface area is 107 Å². The van der Waals surface area contributed by atoms with Crippen molar-refractivity contribution in [3.8, 4) is 0 Å². The summed E-state index contributed by atoms with van der Waals surface area (Å²) < 4.78 is 5.56. The minimum atomic E-state index is -0.970. The van der Waals surface area contributed by atoms with Gasteiger partial charge in [0.1, 0.15) is 0 Å². The number of carbonyl (C=O) groups excluding carboxylic acids is 2. The standard InChI is InChI=1S/C11H13BrN2O3/c1-5-8(3-7(12)4-9(5)13)11(16)17-6(2)10(14)15/h3-4,6H,13H2,1-2H3,(H2,14,15). The number of carbonyl (C=O) groups is 2. The molecule has 1 aromatic carbocycles. The lowest BCUT2D eigenvalue weighted by Gasteiger charge is -2.12. The topological polar surface area (TPSA) is 95.4 Å². The molecule has 92 valence electrons. The molecule has 0 spiro atoms. The van der Waals surface area contributed by atoms with E-state index in [0.29, 0.717) is 21.3 Å². The van der Waals surface area contributed by atoms with Crippen LogP contribution >= 0.6 is 15.9 Å². The summed E-state index contributed by atoms with van der Waals surface area (Å²) in [5, 5.41) is 0. The van der Waals surface area contributed by atoms with Gasteiger partial charge in [-0.15, -0.1) is 0 Å². The molecular weight excluding hydrogens is 288 g/mol. The van der Waals surface area contributed by atoms with Gasteiger partial charge in [-0.2, -0.15) is 0 Å². The number of amides is 1. The van der Waals surface area contributed by atoms with Crippen molar-refractivity contribution < 1.29 is 14.3 Å². The van der Waals surface area contributed by atoms with Gasteiger partial charge in [0.2, 0.25) is 0 Å². The Hall–Kier alpha value is -1.56. The van der Waals surface area contributed by atoms with Crippen LogP contribution in [0.25, 0.3) is 0 Å². The molecule has 1 atom stereocenters. The fourth-order valence-corrected chi connectivity index (χ4v) is 1.67. The summed E-state index contributed by atoms with van der Waals surface area (Å²) in [7, 11) is 0. The van der Waals surface area contributed by atoms with E-state index >= 15 is 0 Å². The van der Waals surface area contributed by atoms with Crippen LogP contribution in [0.2, 0.25) is 0 Å². The van der Waals surface area contributed by atoms with Crippen molar-refractivity contribution in [2.45, 2.75) is 20.0 Å². The Morgan fingerprint density at radius 2 is 2.00 bits per heavy atom. The van der Waals surface area contributed by atoms with Crippen LogP contribution in [0.3, 0.4) is 0 Å². The first-order valence-corrected chi connectivity index (χ1v) is 5.68. The van der Waals surface area contributed by atoms with Gasteiger partial charge in [-0.1, -0.05) is 15.9 Å². The van der Waals surface area contributed by atoms with Gasteiger partial charge in [-0.3, -0.25) is 4.79 Å². The highest BCUT2D eigenvalue weighted by molar-refractivity contribution is 9.10. The van der Waals surface area contributed by atoms with Gasteiger partial charge in [0.15, 0.2) is 6.10 Å². The van der Waals surface area contributed by atoms with E-state index in [0.717, 1.165) is 0 Å². The molecule has 0 aromatic heterocycles. The van der Waals surface area contributed by atoms with Crippen LogP contribution in [-0.2, 0) is 9.53 Å².